The summed E-state index contributed by atoms with van der Waals surface area (Å²) in [5, 5.41) is 2.53. The van der Waals surface area contributed by atoms with Crippen molar-refractivity contribution in [3.63, 3.8) is 0 Å². The highest BCUT2D eigenvalue weighted by Gasteiger charge is 2.49. The number of carbonyl (C=O) groups is 2. The van der Waals surface area contributed by atoms with Crippen LogP contribution in [0.2, 0.25) is 0 Å². The Balaban J connectivity index is 1.83. The molecule has 1 N–H and O–H groups in total. The van der Waals surface area contributed by atoms with Gasteiger partial charge >= 0.3 is 6.03 Å². The molecule has 0 spiro atoms. The molecule has 7 heteroatoms. The Morgan fingerprint density at radius 2 is 1.96 bits per heavy atom. The molecule has 2 fully saturated rings. The van der Waals surface area contributed by atoms with Crippen molar-refractivity contribution in [3.8, 4) is 0 Å². The first-order chi connectivity index (χ1) is 12.0. The number of rotatable bonds is 8. The van der Waals surface area contributed by atoms with Gasteiger partial charge in [-0.25, -0.2) is 9.79 Å². The maximum absolute atomic E-state index is 12.5. The van der Waals surface area contributed by atoms with Gasteiger partial charge in [0.05, 0.1) is 6.54 Å². The standard InChI is InChI=1S/C18H31N5O2/c1-5-7-10-22-16-15(17(24)20-18(22)25)21(6-2)14(19-16)11-23(12(3)4)13-8-9-13/h12-13,15-16H,5-11H2,1-4H3,(H,20,24,25). The van der Waals surface area contributed by atoms with Crippen molar-refractivity contribution in [1.29, 1.82) is 0 Å². The molecule has 0 bridgehead atoms. The Morgan fingerprint density at radius 1 is 1.24 bits per heavy atom. The summed E-state index contributed by atoms with van der Waals surface area (Å²) in [4.78, 5) is 36.0. The van der Waals surface area contributed by atoms with Crippen molar-refractivity contribution in [3.05, 3.63) is 0 Å². The predicted octanol–water partition coefficient (Wildman–Crippen LogP) is 1.64. The van der Waals surface area contributed by atoms with Crippen molar-refractivity contribution in [2.24, 2.45) is 4.99 Å². The lowest BCUT2D eigenvalue weighted by Crippen LogP contribution is -2.65. The monoisotopic (exact) mass is 349 g/mol. The van der Waals surface area contributed by atoms with E-state index in [1.165, 1.54) is 12.8 Å². The number of fused-ring (bicyclic) bond motifs is 1. The van der Waals surface area contributed by atoms with E-state index in [4.69, 9.17) is 4.99 Å². The van der Waals surface area contributed by atoms with E-state index in [0.717, 1.165) is 31.8 Å². The molecule has 2 aliphatic heterocycles. The number of aliphatic imine (C=N–C) groups is 1. The maximum Gasteiger partial charge on any atom is 0.325 e. The topological polar surface area (TPSA) is 68.2 Å². The van der Waals surface area contributed by atoms with E-state index >= 15 is 0 Å². The average molecular weight is 349 g/mol. The SMILES string of the molecule is CCCCN1C(=O)NC(=O)C2C1N=C(CN(C(C)C)C1CC1)N2CC. The van der Waals surface area contributed by atoms with E-state index < -0.39 is 0 Å². The second kappa shape index (κ2) is 7.32. The predicted molar refractivity (Wildman–Crippen MR) is 97.4 cm³/mol. The lowest BCUT2D eigenvalue weighted by molar-refractivity contribution is -0.127. The van der Waals surface area contributed by atoms with E-state index in [1.807, 2.05) is 0 Å². The number of urea groups is 1. The molecule has 140 valence electrons. The summed E-state index contributed by atoms with van der Waals surface area (Å²) >= 11 is 0. The van der Waals surface area contributed by atoms with Crippen LogP contribution in [0.25, 0.3) is 0 Å². The van der Waals surface area contributed by atoms with Gasteiger partial charge < -0.3 is 4.90 Å². The van der Waals surface area contributed by atoms with Crippen LogP contribution in [0, 0.1) is 0 Å². The van der Waals surface area contributed by atoms with Crippen molar-refractivity contribution in [1.82, 2.24) is 20.0 Å². The van der Waals surface area contributed by atoms with Gasteiger partial charge in [0, 0.05) is 25.2 Å². The lowest BCUT2D eigenvalue weighted by atomic mass is 10.1. The van der Waals surface area contributed by atoms with Gasteiger partial charge in [-0.05, 0) is 40.0 Å². The number of hydrogen-bond donors (Lipinski definition) is 1. The molecule has 25 heavy (non-hydrogen) atoms. The third-order valence-electron chi connectivity index (χ3n) is 5.41. The van der Waals surface area contributed by atoms with Gasteiger partial charge in [0.25, 0.3) is 5.91 Å². The number of imide groups is 1. The first kappa shape index (κ1) is 18.2. The zero-order valence-electron chi connectivity index (χ0n) is 15.9. The molecular formula is C18H31N5O2. The fourth-order valence-electron chi connectivity index (χ4n) is 3.88. The van der Waals surface area contributed by atoms with Crippen LogP contribution in [0.15, 0.2) is 4.99 Å². The minimum Gasteiger partial charge on any atom is -0.344 e. The summed E-state index contributed by atoms with van der Waals surface area (Å²) in [7, 11) is 0. The van der Waals surface area contributed by atoms with Crippen LogP contribution >= 0.6 is 0 Å². The highest BCUT2D eigenvalue weighted by molar-refractivity contribution is 6.04. The molecular weight excluding hydrogens is 318 g/mol. The Labute approximate surface area is 150 Å². The number of unbranched alkanes of at least 4 members (excludes halogenated alkanes) is 1. The number of nitrogens with one attached hydrogen (secondary N) is 1. The molecule has 3 amide bonds. The molecule has 0 radical (unpaired) electrons. The van der Waals surface area contributed by atoms with Gasteiger partial charge in [-0.2, -0.15) is 0 Å². The average Bonchev–Trinajstić information content (AvgIpc) is 3.32. The van der Waals surface area contributed by atoms with E-state index in [9.17, 15) is 9.59 Å². The summed E-state index contributed by atoms with van der Waals surface area (Å²) in [5.41, 5.74) is 0. The molecule has 1 saturated carbocycles. The van der Waals surface area contributed by atoms with Crippen molar-refractivity contribution >= 4 is 17.8 Å². The molecule has 1 aliphatic carbocycles. The first-order valence-electron chi connectivity index (χ1n) is 9.68. The molecule has 3 aliphatic rings. The van der Waals surface area contributed by atoms with Gasteiger partial charge in [0.1, 0.15) is 5.84 Å². The fraction of sp³-hybridized carbons (Fsp3) is 0.833. The van der Waals surface area contributed by atoms with E-state index in [-0.39, 0.29) is 24.1 Å². The molecule has 3 rings (SSSR count). The number of likely N-dealkylation sites (N-methyl/N-ethyl adjacent to an activating group) is 1. The summed E-state index contributed by atoms with van der Waals surface area (Å²) in [6, 6.07) is 0.394. The van der Waals surface area contributed by atoms with Crippen LogP contribution in [-0.4, -0.2) is 76.4 Å². The molecule has 0 aromatic rings. The summed E-state index contributed by atoms with van der Waals surface area (Å²) < 4.78 is 0. The minimum atomic E-state index is -0.386. The van der Waals surface area contributed by atoms with Crippen molar-refractivity contribution < 1.29 is 9.59 Å². The van der Waals surface area contributed by atoms with Crippen molar-refractivity contribution in [2.45, 2.75) is 77.7 Å². The van der Waals surface area contributed by atoms with E-state index in [0.29, 0.717) is 18.6 Å². The molecule has 1 saturated heterocycles. The minimum absolute atomic E-state index is 0.217. The van der Waals surface area contributed by atoms with Crippen LogP contribution in [0.5, 0.6) is 0 Å². The molecule has 7 nitrogen and oxygen atoms in total. The van der Waals surface area contributed by atoms with Crippen LogP contribution in [0.1, 0.15) is 53.4 Å². The number of amides is 3. The second-order valence-electron chi connectivity index (χ2n) is 7.53. The molecule has 2 heterocycles. The maximum atomic E-state index is 12.5. The Morgan fingerprint density at radius 3 is 2.52 bits per heavy atom. The number of nitrogens with zero attached hydrogens (tertiary/aromatic N) is 4. The molecule has 0 aromatic carbocycles. The van der Waals surface area contributed by atoms with Gasteiger partial charge in [-0.15, -0.1) is 0 Å². The summed E-state index contributed by atoms with van der Waals surface area (Å²) in [6.45, 7) is 10.7. The third-order valence-corrected chi connectivity index (χ3v) is 5.41. The van der Waals surface area contributed by atoms with Gasteiger partial charge in [0.2, 0.25) is 0 Å². The zero-order valence-corrected chi connectivity index (χ0v) is 15.9. The zero-order chi connectivity index (χ0) is 18.1. The van der Waals surface area contributed by atoms with Crippen LogP contribution in [-0.2, 0) is 4.79 Å². The number of amidine groups is 1. The number of carbonyl (C=O) groups excluding carboxylic acids is 2. The largest absolute Gasteiger partial charge is 0.344 e. The van der Waals surface area contributed by atoms with Crippen LogP contribution < -0.4 is 5.32 Å². The first-order valence-corrected chi connectivity index (χ1v) is 9.68. The van der Waals surface area contributed by atoms with Gasteiger partial charge in [0.15, 0.2) is 12.2 Å². The van der Waals surface area contributed by atoms with E-state index in [2.05, 4.69) is 42.8 Å². The second-order valence-corrected chi connectivity index (χ2v) is 7.53. The summed E-state index contributed by atoms with van der Waals surface area (Å²) in [6.07, 6.45) is 4.03. The number of hydrogen-bond acceptors (Lipinski definition) is 5. The Kier molecular flexibility index (Phi) is 5.32. The fourth-order valence-corrected chi connectivity index (χ4v) is 3.88. The van der Waals surface area contributed by atoms with Gasteiger partial charge in [-0.3, -0.25) is 19.9 Å². The quantitative estimate of drug-likeness (QED) is 0.723. The van der Waals surface area contributed by atoms with Crippen LogP contribution in [0.4, 0.5) is 4.79 Å². The lowest BCUT2D eigenvalue weighted by Gasteiger charge is -2.38. The third kappa shape index (κ3) is 3.52. The molecule has 0 aromatic heterocycles. The highest BCUT2D eigenvalue weighted by Crippen LogP contribution is 2.31. The summed E-state index contributed by atoms with van der Waals surface area (Å²) in [5.74, 6) is 0.732. The smallest absolute Gasteiger partial charge is 0.325 e. The normalized spacial score (nSPS) is 26.4. The van der Waals surface area contributed by atoms with Gasteiger partial charge in [-0.1, -0.05) is 13.3 Å². The molecule has 2 atom stereocenters. The van der Waals surface area contributed by atoms with Crippen molar-refractivity contribution in [2.75, 3.05) is 19.6 Å². The Bertz CT molecular complexity index is 556. The van der Waals surface area contributed by atoms with Crippen LogP contribution in [0.3, 0.4) is 0 Å². The van der Waals surface area contributed by atoms with E-state index in [1.54, 1.807) is 4.90 Å². The Hall–Kier alpha value is -1.63. The molecule has 2 unspecified atom stereocenters. The highest BCUT2D eigenvalue weighted by atomic mass is 16.2.